The van der Waals surface area contributed by atoms with Gasteiger partial charge in [0.05, 0.1) is 23.8 Å². The molecule has 6 nitrogen and oxygen atoms in total. The number of aromatic amines is 1. The minimum Gasteiger partial charge on any atom is -0.503 e. The van der Waals surface area contributed by atoms with Crippen molar-refractivity contribution in [3.8, 4) is 22.8 Å². The van der Waals surface area contributed by atoms with Gasteiger partial charge in [-0.3, -0.25) is 9.89 Å². The lowest BCUT2D eigenvalue weighted by Gasteiger charge is -2.06. The average Bonchev–Trinajstić information content (AvgIpc) is 2.92. The third kappa shape index (κ3) is 1.89. The highest BCUT2D eigenvalue weighted by molar-refractivity contribution is 5.58. The number of H-pyrrole nitrogens is 1. The first-order valence-electron chi connectivity index (χ1n) is 5.64. The van der Waals surface area contributed by atoms with Crippen LogP contribution in [0.5, 0.6) is 5.75 Å². The smallest absolute Gasteiger partial charge is 0.251 e. The van der Waals surface area contributed by atoms with Gasteiger partial charge in [-0.1, -0.05) is 18.2 Å². The molecule has 94 valence electrons. The van der Waals surface area contributed by atoms with Crippen LogP contribution in [0.1, 0.15) is 0 Å². The van der Waals surface area contributed by atoms with Gasteiger partial charge in [0, 0.05) is 0 Å². The average molecular weight is 254 g/mol. The van der Waals surface area contributed by atoms with E-state index >= 15 is 0 Å². The fraction of sp³-hybridized carbons (Fsp3) is 0. The number of rotatable bonds is 2. The SMILES string of the molecule is O=c1c(O)c[nH]nc1-c1ccnn1-c1ccccc1. The molecule has 0 amide bonds. The van der Waals surface area contributed by atoms with Gasteiger partial charge >= 0.3 is 0 Å². The summed E-state index contributed by atoms with van der Waals surface area (Å²) < 4.78 is 1.59. The van der Waals surface area contributed by atoms with Crippen molar-refractivity contribution in [2.24, 2.45) is 0 Å². The van der Waals surface area contributed by atoms with Crippen molar-refractivity contribution < 1.29 is 5.11 Å². The van der Waals surface area contributed by atoms with E-state index in [2.05, 4.69) is 15.3 Å². The molecule has 0 aliphatic rings. The molecular formula is C13H10N4O2. The Kier molecular flexibility index (Phi) is 2.60. The maximum Gasteiger partial charge on any atom is 0.251 e. The third-order valence-electron chi connectivity index (χ3n) is 2.71. The first kappa shape index (κ1) is 11.2. The Bertz CT molecular complexity index is 762. The van der Waals surface area contributed by atoms with Crippen LogP contribution in [-0.2, 0) is 0 Å². The van der Waals surface area contributed by atoms with E-state index in [0.29, 0.717) is 5.69 Å². The highest BCUT2D eigenvalue weighted by Gasteiger charge is 2.14. The zero-order valence-corrected chi connectivity index (χ0v) is 9.82. The van der Waals surface area contributed by atoms with Crippen LogP contribution in [0.4, 0.5) is 0 Å². The van der Waals surface area contributed by atoms with Gasteiger partial charge in [-0.25, -0.2) is 4.68 Å². The number of nitrogens with one attached hydrogen (secondary N) is 1. The van der Waals surface area contributed by atoms with Gasteiger partial charge in [0.25, 0.3) is 5.43 Å². The molecule has 0 atom stereocenters. The Morgan fingerprint density at radius 2 is 1.95 bits per heavy atom. The predicted octanol–water partition coefficient (Wildman–Crippen LogP) is 1.33. The van der Waals surface area contributed by atoms with E-state index in [1.54, 1.807) is 16.9 Å². The summed E-state index contributed by atoms with van der Waals surface area (Å²) in [4.78, 5) is 11.9. The molecule has 0 saturated carbocycles. The van der Waals surface area contributed by atoms with E-state index in [1.165, 1.54) is 0 Å². The molecule has 0 aliphatic heterocycles. The summed E-state index contributed by atoms with van der Waals surface area (Å²) >= 11 is 0. The molecule has 2 aromatic heterocycles. The summed E-state index contributed by atoms with van der Waals surface area (Å²) in [5.74, 6) is -0.370. The standard InChI is InChI=1S/C13H10N4O2/c18-11-8-14-16-12(13(11)19)10-6-7-15-17(10)9-4-2-1-3-5-9/h1-8H,(H,14,19)(H,16,18). The maximum absolute atomic E-state index is 11.9. The molecule has 0 radical (unpaired) electrons. The van der Waals surface area contributed by atoms with Crippen LogP contribution in [0, 0.1) is 0 Å². The normalized spacial score (nSPS) is 10.5. The Labute approximate surface area is 108 Å². The molecule has 2 N–H and O–H groups in total. The number of hydrogen-bond acceptors (Lipinski definition) is 4. The van der Waals surface area contributed by atoms with Crippen LogP contribution >= 0.6 is 0 Å². The van der Waals surface area contributed by atoms with Crippen LogP contribution in [0.25, 0.3) is 17.1 Å². The predicted molar refractivity (Wildman–Crippen MR) is 69.1 cm³/mol. The van der Waals surface area contributed by atoms with Crippen molar-refractivity contribution >= 4 is 0 Å². The zero-order valence-electron chi connectivity index (χ0n) is 9.82. The van der Waals surface area contributed by atoms with E-state index in [-0.39, 0.29) is 11.4 Å². The summed E-state index contributed by atoms with van der Waals surface area (Å²) in [6.07, 6.45) is 2.72. The fourth-order valence-corrected chi connectivity index (χ4v) is 1.83. The van der Waals surface area contributed by atoms with E-state index in [9.17, 15) is 9.90 Å². The Morgan fingerprint density at radius 3 is 2.74 bits per heavy atom. The van der Waals surface area contributed by atoms with E-state index in [1.807, 2.05) is 30.3 Å². The molecular weight excluding hydrogens is 244 g/mol. The van der Waals surface area contributed by atoms with Gasteiger partial charge in [-0.2, -0.15) is 10.2 Å². The number of aromatic nitrogens is 4. The number of aromatic hydroxyl groups is 1. The van der Waals surface area contributed by atoms with E-state index < -0.39 is 5.43 Å². The van der Waals surface area contributed by atoms with E-state index in [4.69, 9.17) is 0 Å². The summed E-state index contributed by atoms with van der Waals surface area (Å²) in [5, 5.41) is 20.0. The molecule has 0 spiro atoms. The molecule has 1 aromatic carbocycles. The van der Waals surface area contributed by atoms with Crippen molar-refractivity contribution in [2.75, 3.05) is 0 Å². The van der Waals surface area contributed by atoms with Crippen molar-refractivity contribution in [3.05, 3.63) is 59.0 Å². The Hall–Kier alpha value is -2.89. The van der Waals surface area contributed by atoms with Gasteiger partial charge in [0.1, 0.15) is 0 Å². The minimum absolute atomic E-state index is 0.126. The third-order valence-corrected chi connectivity index (χ3v) is 2.71. The maximum atomic E-state index is 11.9. The van der Waals surface area contributed by atoms with Crippen LogP contribution < -0.4 is 5.43 Å². The molecule has 0 aliphatic carbocycles. The van der Waals surface area contributed by atoms with Gasteiger partial charge in [0.2, 0.25) is 0 Å². The molecule has 0 saturated heterocycles. The second kappa shape index (κ2) is 4.41. The highest BCUT2D eigenvalue weighted by Crippen LogP contribution is 2.18. The lowest BCUT2D eigenvalue weighted by Crippen LogP contribution is -2.11. The van der Waals surface area contributed by atoms with Crippen LogP contribution in [-0.4, -0.2) is 25.1 Å². The number of hydrogen-bond donors (Lipinski definition) is 2. The van der Waals surface area contributed by atoms with Crippen LogP contribution in [0.3, 0.4) is 0 Å². The van der Waals surface area contributed by atoms with Gasteiger partial charge in [-0.05, 0) is 18.2 Å². The second-order valence-corrected chi connectivity index (χ2v) is 3.91. The number of benzene rings is 1. The van der Waals surface area contributed by atoms with Gasteiger partial charge < -0.3 is 5.11 Å². The summed E-state index contributed by atoms with van der Waals surface area (Å²) in [6.45, 7) is 0. The molecule has 2 heterocycles. The lowest BCUT2D eigenvalue weighted by atomic mass is 10.2. The zero-order chi connectivity index (χ0) is 13.2. The van der Waals surface area contributed by atoms with E-state index in [0.717, 1.165) is 11.9 Å². The van der Waals surface area contributed by atoms with Crippen LogP contribution in [0.15, 0.2) is 53.6 Å². The molecule has 0 unspecified atom stereocenters. The minimum atomic E-state index is -0.531. The Morgan fingerprint density at radius 1 is 1.16 bits per heavy atom. The van der Waals surface area contributed by atoms with Crippen molar-refractivity contribution in [1.82, 2.24) is 20.0 Å². The Balaban J connectivity index is 2.21. The fourth-order valence-electron chi connectivity index (χ4n) is 1.83. The molecule has 0 bridgehead atoms. The molecule has 3 aromatic rings. The highest BCUT2D eigenvalue weighted by atomic mass is 16.3. The van der Waals surface area contributed by atoms with Crippen LogP contribution in [0.2, 0.25) is 0 Å². The summed E-state index contributed by atoms with van der Waals surface area (Å²) in [5.41, 5.74) is 0.924. The van der Waals surface area contributed by atoms with Gasteiger partial charge in [-0.15, -0.1) is 0 Å². The number of nitrogens with zero attached hydrogens (tertiary/aromatic N) is 3. The quantitative estimate of drug-likeness (QED) is 0.722. The summed E-state index contributed by atoms with van der Waals surface area (Å²) in [6, 6.07) is 11.1. The van der Waals surface area contributed by atoms with Crippen molar-refractivity contribution in [3.63, 3.8) is 0 Å². The first-order chi connectivity index (χ1) is 9.27. The number of para-hydroxylation sites is 1. The first-order valence-corrected chi connectivity index (χ1v) is 5.64. The monoisotopic (exact) mass is 254 g/mol. The van der Waals surface area contributed by atoms with Crippen molar-refractivity contribution in [2.45, 2.75) is 0 Å². The van der Waals surface area contributed by atoms with Gasteiger partial charge in [0.15, 0.2) is 11.4 Å². The lowest BCUT2D eigenvalue weighted by molar-refractivity contribution is 0.465. The second-order valence-electron chi connectivity index (χ2n) is 3.91. The largest absolute Gasteiger partial charge is 0.503 e. The molecule has 0 fully saturated rings. The topological polar surface area (TPSA) is 83.8 Å². The molecule has 19 heavy (non-hydrogen) atoms. The van der Waals surface area contributed by atoms with Crippen molar-refractivity contribution in [1.29, 1.82) is 0 Å². The molecule has 3 rings (SSSR count). The summed E-state index contributed by atoms with van der Waals surface area (Å²) in [7, 11) is 0. The molecule has 6 heteroatoms.